The minimum absolute atomic E-state index is 0.115. The third-order valence-corrected chi connectivity index (χ3v) is 3.89. The Balaban J connectivity index is 2.32. The Morgan fingerprint density at radius 3 is 2.84 bits per heavy atom. The number of aliphatic hydroxyl groups is 1. The van der Waals surface area contributed by atoms with Crippen molar-refractivity contribution in [2.75, 3.05) is 31.6 Å². The molecule has 1 aliphatic rings. The predicted octanol–water partition coefficient (Wildman–Crippen LogP) is 2.24. The molecule has 3 nitrogen and oxygen atoms in total. The van der Waals surface area contributed by atoms with Crippen LogP contribution in [-0.2, 0) is 6.61 Å². The van der Waals surface area contributed by atoms with Crippen molar-refractivity contribution in [2.24, 2.45) is 0 Å². The Morgan fingerprint density at radius 1 is 1.37 bits per heavy atom. The minimum Gasteiger partial charge on any atom is -0.392 e. The van der Waals surface area contributed by atoms with Crippen molar-refractivity contribution in [3.63, 3.8) is 0 Å². The summed E-state index contributed by atoms with van der Waals surface area (Å²) in [5.74, 6) is -0.284. The molecule has 1 atom stereocenters. The van der Waals surface area contributed by atoms with E-state index in [1.54, 1.807) is 6.07 Å². The van der Waals surface area contributed by atoms with E-state index in [-0.39, 0.29) is 12.4 Å². The van der Waals surface area contributed by atoms with Crippen molar-refractivity contribution in [1.29, 1.82) is 0 Å². The molecule has 19 heavy (non-hydrogen) atoms. The molecule has 1 saturated heterocycles. The molecule has 1 N–H and O–H groups in total. The van der Waals surface area contributed by atoms with Crippen molar-refractivity contribution in [3.8, 4) is 0 Å². The largest absolute Gasteiger partial charge is 0.392 e. The Bertz CT molecular complexity index is 425. The van der Waals surface area contributed by atoms with E-state index >= 15 is 0 Å². The maximum atomic E-state index is 13.3. The van der Waals surface area contributed by atoms with Crippen molar-refractivity contribution in [2.45, 2.75) is 32.4 Å². The van der Waals surface area contributed by atoms with Gasteiger partial charge in [-0.2, -0.15) is 0 Å². The van der Waals surface area contributed by atoms with Crippen LogP contribution in [0.4, 0.5) is 10.1 Å². The quantitative estimate of drug-likeness (QED) is 0.909. The fourth-order valence-electron chi connectivity index (χ4n) is 2.87. The van der Waals surface area contributed by atoms with E-state index in [2.05, 4.69) is 23.8 Å². The Kier molecular flexibility index (Phi) is 4.77. The number of nitrogens with zero attached hydrogens (tertiary/aromatic N) is 2. The second kappa shape index (κ2) is 6.35. The van der Waals surface area contributed by atoms with Crippen molar-refractivity contribution in [3.05, 3.63) is 29.6 Å². The summed E-state index contributed by atoms with van der Waals surface area (Å²) in [6, 6.07) is 5.14. The first kappa shape index (κ1) is 14.3. The fourth-order valence-corrected chi connectivity index (χ4v) is 2.87. The monoisotopic (exact) mass is 266 g/mol. The smallest absolute Gasteiger partial charge is 0.123 e. The van der Waals surface area contributed by atoms with Crippen molar-refractivity contribution < 1.29 is 9.50 Å². The Hall–Kier alpha value is -1.13. The molecule has 0 aromatic heterocycles. The van der Waals surface area contributed by atoms with Crippen LogP contribution in [0.1, 0.15) is 25.3 Å². The van der Waals surface area contributed by atoms with Gasteiger partial charge in [-0.3, -0.25) is 0 Å². The molecule has 0 radical (unpaired) electrons. The summed E-state index contributed by atoms with van der Waals surface area (Å²) in [5, 5.41) is 9.45. The predicted molar refractivity (Wildman–Crippen MR) is 75.9 cm³/mol. The molecule has 1 fully saturated rings. The van der Waals surface area contributed by atoms with Crippen LogP contribution >= 0.6 is 0 Å². The molecule has 106 valence electrons. The molecule has 1 aromatic carbocycles. The van der Waals surface area contributed by atoms with Crippen molar-refractivity contribution >= 4 is 5.69 Å². The summed E-state index contributed by atoms with van der Waals surface area (Å²) in [7, 11) is 2.14. The van der Waals surface area contributed by atoms with E-state index in [1.165, 1.54) is 12.1 Å². The third kappa shape index (κ3) is 3.25. The molecule has 2 rings (SSSR count). The fraction of sp³-hybridized carbons (Fsp3) is 0.600. The first-order valence-corrected chi connectivity index (χ1v) is 7.00. The van der Waals surface area contributed by atoms with Gasteiger partial charge in [-0.1, -0.05) is 6.92 Å². The summed E-state index contributed by atoms with van der Waals surface area (Å²) in [4.78, 5) is 4.67. The number of hydrogen-bond donors (Lipinski definition) is 1. The summed E-state index contributed by atoms with van der Waals surface area (Å²) in [5.41, 5.74) is 1.66. The van der Waals surface area contributed by atoms with Crippen LogP contribution < -0.4 is 4.90 Å². The molecule has 1 aliphatic heterocycles. The lowest BCUT2D eigenvalue weighted by atomic mass is 10.1. The number of benzene rings is 1. The third-order valence-electron chi connectivity index (χ3n) is 3.89. The highest BCUT2D eigenvalue weighted by atomic mass is 19.1. The van der Waals surface area contributed by atoms with E-state index < -0.39 is 0 Å². The highest BCUT2D eigenvalue weighted by Crippen LogP contribution is 2.26. The number of likely N-dealkylation sites (N-methyl/N-ethyl adjacent to an activating group) is 1. The Labute approximate surface area is 114 Å². The summed E-state index contributed by atoms with van der Waals surface area (Å²) in [6.45, 7) is 5.12. The molecule has 4 heteroatoms. The van der Waals surface area contributed by atoms with Gasteiger partial charge in [0.15, 0.2) is 0 Å². The van der Waals surface area contributed by atoms with Crippen LogP contribution in [0.3, 0.4) is 0 Å². The first-order chi connectivity index (χ1) is 9.15. The van der Waals surface area contributed by atoms with Gasteiger partial charge in [-0.25, -0.2) is 4.39 Å². The van der Waals surface area contributed by atoms with Gasteiger partial charge in [0, 0.05) is 30.4 Å². The molecule has 1 aromatic rings. The minimum atomic E-state index is -0.284. The number of rotatable bonds is 3. The van der Waals surface area contributed by atoms with E-state index in [1.807, 2.05) is 0 Å². The number of aliphatic hydroxyl groups excluding tert-OH is 1. The van der Waals surface area contributed by atoms with Gasteiger partial charge in [0.2, 0.25) is 0 Å². The number of anilines is 1. The van der Waals surface area contributed by atoms with Gasteiger partial charge in [0.05, 0.1) is 6.61 Å². The lowest BCUT2D eigenvalue weighted by molar-refractivity contribution is 0.281. The topological polar surface area (TPSA) is 26.7 Å². The molecule has 1 unspecified atom stereocenters. The second-order valence-electron chi connectivity index (χ2n) is 5.30. The highest BCUT2D eigenvalue weighted by molar-refractivity contribution is 5.54. The summed E-state index contributed by atoms with van der Waals surface area (Å²) >= 11 is 0. The first-order valence-electron chi connectivity index (χ1n) is 7.00. The molecular formula is C15H23FN2O. The van der Waals surface area contributed by atoms with Gasteiger partial charge in [0.1, 0.15) is 5.82 Å². The van der Waals surface area contributed by atoms with E-state index in [9.17, 15) is 9.50 Å². The standard InChI is InChI=1S/C15H23FN2O/c1-3-14-10-17(2)7-4-8-18(14)15-6-5-13(16)9-12(15)11-19/h5-6,9,14,19H,3-4,7-8,10-11H2,1-2H3. The molecular weight excluding hydrogens is 243 g/mol. The maximum absolute atomic E-state index is 13.3. The molecule has 0 spiro atoms. The van der Waals surface area contributed by atoms with Gasteiger partial charge < -0.3 is 14.9 Å². The van der Waals surface area contributed by atoms with Gasteiger partial charge in [-0.05, 0) is 44.6 Å². The second-order valence-corrected chi connectivity index (χ2v) is 5.30. The van der Waals surface area contributed by atoms with Crippen LogP contribution in [0.25, 0.3) is 0 Å². The summed E-state index contributed by atoms with van der Waals surface area (Å²) < 4.78 is 13.3. The average molecular weight is 266 g/mol. The zero-order chi connectivity index (χ0) is 13.8. The van der Waals surface area contributed by atoms with E-state index in [4.69, 9.17) is 0 Å². The molecule has 0 amide bonds. The lowest BCUT2D eigenvalue weighted by Crippen LogP contribution is -2.40. The molecule has 0 aliphatic carbocycles. The van der Waals surface area contributed by atoms with Crippen LogP contribution in [0.2, 0.25) is 0 Å². The number of hydrogen-bond acceptors (Lipinski definition) is 3. The highest BCUT2D eigenvalue weighted by Gasteiger charge is 2.23. The zero-order valence-electron chi connectivity index (χ0n) is 11.8. The normalized spacial score (nSPS) is 21.5. The van der Waals surface area contributed by atoms with Crippen LogP contribution in [-0.4, -0.2) is 42.7 Å². The van der Waals surface area contributed by atoms with Gasteiger partial charge in [0.25, 0.3) is 0 Å². The van der Waals surface area contributed by atoms with Crippen LogP contribution in [0, 0.1) is 5.82 Å². The maximum Gasteiger partial charge on any atom is 0.123 e. The lowest BCUT2D eigenvalue weighted by Gasteiger charge is -2.33. The van der Waals surface area contributed by atoms with E-state index in [0.29, 0.717) is 11.6 Å². The molecule has 1 heterocycles. The van der Waals surface area contributed by atoms with E-state index in [0.717, 1.165) is 38.2 Å². The van der Waals surface area contributed by atoms with Crippen molar-refractivity contribution in [1.82, 2.24) is 4.90 Å². The molecule has 0 saturated carbocycles. The van der Waals surface area contributed by atoms with Crippen LogP contribution in [0.15, 0.2) is 18.2 Å². The number of halogens is 1. The van der Waals surface area contributed by atoms with Gasteiger partial charge in [-0.15, -0.1) is 0 Å². The SMILES string of the molecule is CCC1CN(C)CCCN1c1ccc(F)cc1CO. The average Bonchev–Trinajstić information content (AvgIpc) is 2.60. The van der Waals surface area contributed by atoms with Crippen LogP contribution in [0.5, 0.6) is 0 Å². The van der Waals surface area contributed by atoms with Gasteiger partial charge >= 0.3 is 0 Å². The molecule has 0 bridgehead atoms. The summed E-state index contributed by atoms with van der Waals surface area (Å²) in [6.07, 6.45) is 2.14. The zero-order valence-corrected chi connectivity index (χ0v) is 11.8. The Morgan fingerprint density at radius 2 is 2.16 bits per heavy atom.